The Morgan fingerprint density at radius 3 is 2.68 bits per heavy atom. The molecule has 0 N–H and O–H groups in total. The topological polar surface area (TPSA) is 82.1 Å². The molecular weight excluding hydrogens is 396 g/mol. The Morgan fingerprint density at radius 2 is 2.04 bits per heavy atom. The third-order valence-electron chi connectivity index (χ3n) is 3.62. The summed E-state index contributed by atoms with van der Waals surface area (Å²) in [6.07, 6.45) is 2.95. The number of nitrogens with zero attached hydrogens (tertiary/aromatic N) is 1. The van der Waals surface area contributed by atoms with E-state index in [1.165, 1.54) is 31.4 Å². The molecular formula is C18H19F2NO6S. The largest absolute Gasteiger partial charge is 0.493 e. The smallest absolute Gasteiger partial charge is 0.387 e. The molecule has 10 heteroatoms. The molecule has 2 amide bonds. The number of hydrogen-bond acceptors (Lipinski definition) is 7. The second-order valence-electron chi connectivity index (χ2n) is 5.63. The summed E-state index contributed by atoms with van der Waals surface area (Å²) in [6.45, 7) is -1.30. The van der Waals surface area contributed by atoms with Gasteiger partial charge in [0.2, 0.25) is 0 Å². The fourth-order valence-electron chi connectivity index (χ4n) is 2.26. The molecule has 0 atom stereocenters. The number of alkyl halides is 2. The minimum atomic E-state index is -3.01. The Kier molecular flexibility index (Phi) is 7.80. The van der Waals surface area contributed by atoms with Crippen LogP contribution in [0.1, 0.15) is 25.3 Å². The molecule has 28 heavy (non-hydrogen) atoms. The molecule has 0 aliphatic carbocycles. The van der Waals surface area contributed by atoms with E-state index in [4.69, 9.17) is 9.47 Å². The van der Waals surface area contributed by atoms with Crippen molar-refractivity contribution < 1.29 is 37.4 Å². The number of rotatable bonds is 9. The highest BCUT2D eigenvalue weighted by Crippen LogP contribution is 2.34. The fourth-order valence-corrected chi connectivity index (χ4v) is 3.10. The maximum atomic E-state index is 12.4. The van der Waals surface area contributed by atoms with Gasteiger partial charge in [0.1, 0.15) is 6.54 Å². The minimum Gasteiger partial charge on any atom is -0.493 e. The Balaban J connectivity index is 2.11. The van der Waals surface area contributed by atoms with Crippen LogP contribution < -0.4 is 9.47 Å². The van der Waals surface area contributed by atoms with E-state index in [-0.39, 0.29) is 23.0 Å². The number of carbonyl (C=O) groups excluding carboxylic acids is 3. The molecule has 1 aromatic rings. The van der Waals surface area contributed by atoms with Crippen LogP contribution in [0.2, 0.25) is 0 Å². The highest BCUT2D eigenvalue weighted by Gasteiger charge is 2.36. The van der Waals surface area contributed by atoms with Crippen molar-refractivity contribution in [2.45, 2.75) is 26.4 Å². The molecule has 0 aromatic heterocycles. The van der Waals surface area contributed by atoms with Crippen LogP contribution in [0.25, 0.3) is 6.08 Å². The second kappa shape index (κ2) is 10.1. The van der Waals surface area contributed by atoms with Gasteiger partial charge in [-0.1, -0.05) is 19.4 Å². The second-order valence-corrected chi connectivity index (χ2v) is 6.62. The van der Waals surface area contributed by atoms with E-state index in [9.17, 15) is 23.2 Å². The van der Waals surface area contributed by atoms with Gasteiger partial charge < -0.3 is 14.2 Å². The third kappa shape index (κ3) is 5.69. The number of hydrogen-bond donors (Lipinski definition) is 0. The number of ether oxygens (including phenoxy) is 3. The van der Waals surface area contributed by atoms with Crippen LogP contribution in [0, 0.1) is 0 Å². The van der Waals surface area contributed by atoms with Gasteiger partial charge in [-0.25, -0.2) is 0 Å². The minimum absolute atomic E-state index is 0.0489. The molecule has 1 fully saturated rings. The Labute approximate surface area is 164 Å². The quantitative estimate of drug-likeness (QED) is 0.346. The van der Waals surface area contributed by atoms with Gasteiger partial charge >= 0.3 is 12.6 Å². The summed E-state index contributed by atoms with van der Waals surface area (Å²) in [4.78, 5) is 37.1. The molecule has 1 saturated heterocycles. The summed E-state index contributed by atoms with van der Waals surface area (Å²) < 4.78 is 39.1. The number of carbonyl (C=O) groups is 3. The first-order chi connectivity index (χ1) is 13.3. The molecule has 1 aromatic carbocycles. The molecule has 1 heterocycles. The lowest BCUT2D eigenvalue weighted by Crippen LogP contribution is -2.34. The van der Waals surface area contributed by atoms with Gasteiger partial charge in [-0.05, 0) is 42.0 Å². The van der Waals surface area contributed by atoms with E-state index in [2.05, 4.69) is 4.74 Å². The van der Waals surface area contributed by atoms with Crippen molar-refractivity contribution in [2.24, 2.45) is 0 Å². The molecule has 1 aliphatic heterocycles. The molecule has 0 unspecified atom stereocenters. The molecule has 7 nitrogen and oxygen atoms in total. The normalized spacial score (nSPS) is 15.5. The zero-order chi connectivity index (χ0) is 20.7. The lowest BCUT2D eigenvalue weighted by atomic mass is 10.2. The van der Waals surface area contributed by atoms with Gasteiger partial charge in [-0.3, -0.25) is 19.3 Å². The van der Waals surface area contributed by atoms with Crippen LogP contribution in [0.4, 0.5) is 13.6 Å². The van der Waals surface area contributed by atoms with Crippen molar-refractivity contribution in [1.82, 2.24) is 4.90 Å². The van der Waals surface area contributed by atoms with Gasteiger partial charge in [0.25, 0.3) is 11.1 Å². The number of imide groups is 1. The summed E-state index contributed by atoms with van der Waals surface area (Å²) >= 11 is 0.674. The number of benzene rings is 1. The Morgan fingerprint density at radius 1 is 1.29 bits per heavy atom. The van der Waals surface area contributed by atoms with Crippen molar-refractivity contribution in [3.63, 3.8) is 0 Å². The van der Waals surface area contributed by atoms with Gasteiger partial charge in [0.05, 0.1) is 18.6 Å². The van der Waals surface area contributed by atoms with Crippen LogP contribution in [-0.4, -0.2) is 48.9 Å². The predicted octanol–water partition coefficient (Wildman–Crippen LogP) is 3.68. The monoisotopic (exact) mass is 415 g/mol. The Hall–Kier alpha value is -2.62. The summed E-state index contributed by atoms with van der Waals surface area (Å²) in [5.41, 5.74) is 0.439. The average Bonchev–Trinajstić information content (AvgIpc) is 2.90. The van der Waals surface area contributed by atoms with E-state index < -0.39 is 30.3 Å². The molecule has 1 aliphatic rings. The van der Waals surface area contributed by atoms with Gasteiger partial charge in [-0.2, -0.15) is 8.78 Å². The van der Waals surface area contributed by atoms with Gasteiger partial charge in [0.15, 0.2) is 11.5 Å². The lowest BCUT2D eigenvalue weighted by molar-refractivity contribution is -0.146. The van der Waals surface area contributed by atoms with E-state index in [0.29, 0.717) is 23.7 Å². The van der Waals surface area contributed by atoms with E-state index >= 15 is 0 Å². The molecule has 152 valence electrons. The average molecular weight is 415 g/mol. The van der Waals surface area contributed by atoms with E-state index in [0.717, 1.165) is 11.3 Å². The number of esters is 1. The number of methoxy groups -OCH3 is 1. The first-order valence-electron chi connectivity index (χ1n) is 8.39. The third-order valence-corrected chi connectivity index (χ3v) is 4.53. The van der Waals surface area contributed by atoms with Crippen molar-refractivity contribution in [3.8, 4) is 11.5 Å². The van der Waals surface area contributed by atoms with Crippen LogP contribution >= 0.6 is 11.8 Å². The van der Waals surface area contributed by atoms with E-state index in [1.807, 2.05) is 6.92 Å². The van der Waals surface area contributed by atoms with Crippen molar-refractivity contribution in [1.29, 1.82) is 0 Å². The zero-order valence-electron chi connectivity index (χ0n) is 15.3. The van der Waals surface area contributed by atoms with Crippen LogP contribution in [-0.2, 0) is 14.3 Å². The number of unbranched alkanes of at least 4 members (excludes halogenated alkanes) is 1. The summed E-state index contributed by atoms with van der Waals surface area (Å²) in [5.74, 6) is -1.40. The van der Waals surface area contributed by atoms with Crippen LogP contribution in [0.3, 0.4) is 0 Å². The Bertz CT molecular complexity index is 783. The fraction of sp³-hybridized carbons (Fsp3) is 0.389. The predicted molar refractivity (Wildman–Crippen MR) is 98.2 cm³/mol. The molecule has 0 saturated carbocycles. The summed E-state index contributed by atoms with van der Waals surface area (Å²) in [6, 6.07) is 4.10. The van der Waals surface area contributed by atoms with Crippen molar-refractivity contribution in [3.05, 3.63) is 28.7 Å². The van der Waals surface area contributed by atoms with Gasteiger partial charge in [-0.15, -0.1) is 0 Å². The summed E-state index contributed by atoms with van der Waals surface area (Å²) in [5, 5.41) is -0.590. The van der Waals surface area contributed by atoms with Crippen LogP contribution in [0.5, 0.6) is 11.5 Å². The molecule has 0 radical (unpaired) electrons. The maximum absolute atomic E-state index is 12.4. The molecule has 2 rings (SSSR count). The number of amides is 2. The first-order valence-corrected chi connectivity index (χ1v) is 9.21. The highest BCUT2D eigenvalue weighted by molar-refractivity contribution is 8.18. The lowest BCUT2D eigenvalue weighted by Gasteiger charge is -2.11. The standard InChI is InChI=1S/C18H19F2NO6S/c1-3-4-7-26-15(22)10-21-16(23)14(28-18(21)24)9-11-5-6-12(27-17(19)20)13(8-11)25-2/h5-6,8-9,17H,3-4,7,10H2,1-2H3/b14-9-. The number of halogens is 2. The SMILES string of the molecule is CCCCOC(=O)CN1C(=O)S/C(=C\c2ccc(OC(F)F)c(OC)c2)C1=O. The molecule has 0 bridgehead atoms. The highest BCUT2D eigenvalue weighted by atomic mass is 32.2. The summed E-state index contributed by atoms with van der Waals surface area (Å²) in [7, 11) is 1.29. The zero-order valence-corrected chi connectivity index (χ0v) is 16.1. The van der Waals surface area contributed by atoms with Gasteiger partial charge in [0, 0.05) is 0 Å². The van der Waals surface area contributed by atoms with Crippen molar-refractivity contribution in [2.75, 3.05) is 20.3 Å². The van der Waals surface area contributed by atoms with Crippen molar-refractivity contribution >= 4 is 35.0 Å². The first kappa shape index (κ1) is 21.7. The number of thioether (sulfide) groups is 1. The van der Waals surface area contributed by atoms with E-state index in [1.54, 1.807) is 0 Å². The van der Waals surface area contributed by atoms with Crippen LogP contribution in [0.15, 0.2) is 23.1 Å². The molecule has 0 spiro atoms. The maximum Gasteiger partial charge on any atom is 0.387 e.